The summed E-state index contributed by atoms with van der Waals surface area (Å²) in [6.45, 7) is 10.8. The van der Waals surface area contributed by atoms with Crippen LogP contribution >= 0.6 is 0 Å². The van der Waals surface area contributed by atoms with E-state index >= 15 is 4.79 Å². The summed E-state index contributed by atoms with van der Waals surface area (Å²) in [5, 5.41) is 36.9. The van der Waals surface area contributed by atoms with Gasteiger partial charge in [0.25, 0.3) is 0 Å². The van der Waals surface area contributed by atoms with Crippen LogP contribution in [0.3, 0.4) is 0 Å². The Morgan fingerprint density at radius 2 is 1.71 bits per heavy atom. The van der Waals surface area contributed by atoms with Crippen LogP contribution in [0.25, 0.3) is 0 Å². The summed E-state index contributed by atoms with van der Waals surface area (Å²) in [5.74, 6) is -5.68. The van der Waals surface area contributed by atoms with Gasteiger partial charge in [-0.15, -0.1) is 0 Å². The summed E-state index contributed by atoms with van der Waals surface area (Å²) in [4.78, 5) is 53.7. The minimum Gasteiger partial charge on any atom is -0.472 e. The molecule has 0 radical (unpaired) electrons. The molecule has 264 valence electrons. The first-order valence-corrected chi connectivity index (χ1v) is 16.9. The molecule has 6 aliphatic rings. The third-order valence-electron chi connectivity index (χ3n) is 13.9. The maximum atomic E-state index is 15.1. The van der Waals surface area contributed by atoms with Crippen LogP contribution in [0.5, 0.6) is 0 Å². The molecule has 1 aromatic rings. The Morgan fingerprint density at radius 3 is 2.31 bits per heavy atom. The number of aliphatic hydroxyl groups excluding tert-OH is 3. The summed E-state index contributed by atoms with van der Waals surface area (Å²) in [6.07, 6.45) is -5.11. The van der Waals surface area contributed by atoms with Crippen molar-refractivity contribution < 1.29 is 62.6 Å². The van der Waals surface area contributed by atoms with E-state index in [1.807, 2.05) is 13.8 Å². The normalized spacial score (nSPS) is 50.6. The van der Waals surface area contributed by atoms with Crippen molar-refractivity contribution in [3.05, 3.63) is 24.2 Å². The number of rotatable bonds is 6. The summed E-state index contributed by atoms with van der Waals surface area (Å²) in [7, 11) is 0. The van der Waals surface area contributed by atoms with E-state index in [2.05, 4.69) is 0 Å². The van der Waals surface area contributed by atoms with Crippen molar-refractivity contribution >= 4 is 23.7 Å². The highest BCUT2D eigenvalue weighted by atomic mass is 16.7. The van der Waals surface area contributed by atoms with E-state index < -0.39 is 112 Å². The second-order valence-corrected chi connectivity index (χ2v) is 15.7. The average Bonchev–Trinajstić information content (AvgIpc) is 3.39. The molecular formula is C35H46O13. The number of carbonyl (C=O) groups is 4. The van der Waals surface area contributed by atoms with Gasteiger partial charge in [0.15, 0.2) is 11.9 Å². The lowest BCUT2D eigenvalue weighted by Gasteiger charge is -2.73. The third kappa shape index (κ3) is 3.74. The Balaban J connectivity index is 1.44. The van der Waals surface area contributed by atoms with Gasteiger partial charge in [-0.3, -0.25) is 19.2 Å². The monoisotopic (exact) mass is 674 g/mol. The smallest absolute Gasteiger partial charge is 0.310 e. The zero-order valence-electron chi connectivity index (χ0n) is 28.3. The molecule has 3 heterocycles. The Kier molecular flexibility index (Phi) is 7.42. The van der Waals surface area contributed by atoms with E-state index in [0.717, 1.165) is 12.5 Å². The van der Waals surface area contributed by atoms with Crippen molar-refractivity contribution in [2.24, 2.45) is 39.4 Å². The van der Waals surface area contributed by atoms with E-state index in [4.69, 9.17) is 28.1 Å². The van der Waals surface area contributed by atoms with Crippen LogP contribution in [0.2, 0.25) is 0 Å². The number of esters is 3. The molecule has 4 aliphatic carbocycles. The van der Waals surface area contributed by atoms with Crippen molar-refractivity contribution in [1.82, 2.24) is 0 Å². The average molecular weight is 675 g/mol. The highest BCUT2D eigenvalue weighted by Crippen LogP contribution is 2.82. The lowest BCUT2D eigenvalue weighted by atomic mass is 9.33. The van der Waals surface area contributed by atoms with Crippen molar-refractivity contribution in [3.8, 4) is 0 Å². The molecule has 48 heavy (non-hydrogen) atoms. The Hall–Kier alpha value is -2.84. The van der Waals surface area contributed by atoms with Gasteiger partial charge >= 0.3 is 17.9 Å². The van der Waals surface area contributed by atoms with Crippen LogP contribution in [0.4, 0.5) is 0 Å². The molecule has 4 saturated carbocycles. The number of ketones is 1. The maximum Gasteiger partial charge on any atom is 0.310 e. The van der Waals surface area contributed by atoms with Crippen LogP contribution in [0.1, 0.15) is 79.2 Å². The van der Waals surface area contributed by atoms with Crippen LogP contribution < -0.4 is 0 Å². The number of carbonyl (C=O) groups excluding carboxylic acids is 4. The molecule has 2 aliphatic heterocycles. The van der Waals surface area contributed by atoms with Crippen molar-refractivity contribution in [1.29, 1.82) is 0 Å². The minimum absolute atomic E-state index is 0.0283. The molecule has 1 spiro atoms. The third-order valence-corrected chi connectivity index (χ3v) is 13.9. The van der Waals surface area contributed by atoms with Gasteiger partial charge in [0.05, 0.1) is 42.7 Å². The number of hydrogen-bond donors (Lipinski definition) is 3. The molecule has 16 atom stereocenters. The number of epoxide rings is 1. The molecule has 6 fully saturated rings. The molecular weight excluding hydrogens is 628 g/mol. The van der Waals surface area contributed by atoms with E-state index in [1.165, 1.54) is 13.2 Å². The van der Waals surface area contributed by atoms with Crippen molar-refractivity contribution in [2.45, 2.75) is 122 Å². The molecule has 0 aromatic carbocycles. The Morgan fingerprint density at radius 1 is 1.02 bits per heavy atom. The molecule has 2 bridgehead atoms. The van der Waals surface area contributed by atoms with Crippen LogP contribution in [-0.2, 0) is 42.9 Å². The predicted octanol–water partition coefficient (Wildman–Crippen LogP) is 2.03. The Bertz CT molecular complexity index is 1530. The van der Waals surface area contributed by atoms with Gasteiger partial charge in [0.1, 0.15) is 23.9 Å². The topological polar surface area (TPSA) is 192 Å². The van der Waals surface area contributed by atoms with E-state index in [-0.39, 0.29) is 18.9 Å². The van der Waals surface area contributed by atoms with Crippen LogP contribution in [0, 0.1) is 39.4 Å². The SMILES string of the molecule is CC[C@@H](C)C(=O)O[C@H]1OC[C@@]23[C@H]4C(=O)[C@@H](O)[C@@]5(C)[C@H](c6ccoc6)C[C@H]6O[C@]65[C@]4(C)[C@H](O)C[C@H]2[C@]1(C)[C@H](O)[C@H](OC(C)=O)[C@@H]3OC(C)=O. The summed E-state index contributed by atoms with van der Waals surface area (Å²) in [5.41, 5.74) is -6.07. The Labute approximate surface area is 278 Å². The van der Waals surface area contributed by atoms with E-state index in [9.17, 15) is 29.7 Å². The second kappa shape index (κ2) is 10.6. The maximum absolute atomic E-state index is 15.1. The summed E-state index contributed by atoms with van der Waals surface area (Å²) >= 11 is 0. The first kappa shape index (κ1) is 33.6. The fourth-order valence-electron chi connectivity index (χ4n) is 11.5. The zero-order chi connectivity index (χ0) is 34.9. The van der Waals surface area contributed by atoms with Gasteiger partial charge in [-0.2, -0.15) is 0 Å². The van der Waals surface area contributed by atoms with Crippen LogP contribution in [0.15, 0.2) is 23.0 Å². The standard InChI is InChI=1S/C35H46O13/c1-8-15(2)29(42)47-30-31(5)20-12-21(38)33(7)25(34(20,14-44-30)28(46-17(4)37)24(27(31)41)45-16(3)36)23(39)26(40)32(6)19(18-9-10-43-13-18)11-22-35(32,33)48-22/h9-10,13,15,19-22,24-28,30,38,40-41H,8,11-12,14H2,1-7H3/t15-,19+,20+,21-,22-,24+,25+,26-,27-,28+,30-,31-,32-,33-,34+,35-/m1/s1. The van der Waals surface area contributed by atoms with Crippen molar-refractivity contribution in [2.75, 3.05) is 6.61 Å². The fraction of sp³-hybridized carbons (Fsp3) is 0.771. The fourth-order valence-corrected chi connectivity index (χ4v) is 11.5. The summed E-state index contributed by atoms with van der Waals surface area (Å²) in [6, 6.07) is 1.80. The number of hydrogen-bond acceptors (Lipinski definition) is 13. The molecule has 13 heteroatoms. The van der Waals surface area contributed by atoms with Gasteiger partial charge in [-0.25, -0.2) is 0 Å². The highest BCUT2D eigenvalue weighted by Gasteiger charge is 2.92. The first-order valence-electron chi connectivity index (χ1n) is 16.9. The lowest BCUT2D eigenvalue weighted by molar-refractivity contribution is -0.391. The number of Topliss-reactive ketones (excluding diaryl/α,β-unsaturated/α-hetero) is 1. The molecule has 13 nitrogen and oxygen atoms in total. The number of ether oxygens (including phenoxy) is 5. The number of furan rings is 1. The lowest BCUT2D eigenvalue weighted by Crippen LogP contribution is -2.84. The number of fused-ring (bicyclic) bond motifs is 1. The molecule has 0 unspecified atom stereocenters. The highest BCUT2D eigenvalue weighted by molar-refractivity contribution is 5.91. The summed E-state index contributed by atoms with van der Waals surface area (Å²) < 4.78 is 36.0. The van der Waals surface area contributed by atoms with Gasteiger partial charge in [0, 0.05) is 41.9 Å². The quantitative estimate of drug-likeness (QED) is 0.226. The molecule has 0 amide bonds. The number of aliphatic hydroxyl groups is 3. The molecule has 2 saturated heterocycles. The zero-order valence-corrected chi connectivity index (χ0v) is 28.3. The van der Waals surface area contributed by atoms with Gasteiger partial charge in [-0.1, -0.05) is 34.6 Å². The molecule has 1 aromatic heterocycles. The van der Waals surface area contributed by atoms with Gasteiger partial charge in [-0.05, 0) is 36.8 Å². The second-order valence-electron chi connectivity index (χ2n) is 15.7. The van der Waals surface area contributed by atoms with Gasteiger partial charge in [0.2, 0.25) is 6.29 Å². The largest absolute Gasteiger partial charge is 0.472 e. The minimum atomic E-state index is -1.62. The van der Waals surface area contributed by atoms with Crippen LogP contribution in [-0.4, -0.2) is 94.1 Å². The molecule has 7 rings (SSSR count). The van der Waals surface area contributed by atoms with E-state index in [0.29, 0.717) is 12.8 Å². The van der Waals surface area contributed by atoms with Gasteiger partial charge < -0.3 is 43.4 Å². The van der Waals surface area contributed by atoms with E-state index in [1.54, 1.807) is 33.1 Å². The van der Waals surface area contributed by atoms with Crippen molar-refractivity contribution in [3.63, 3.8) is 0 Å². The molecule has 3 N–H and O–H groups in total. The predicted molar refractivity (Wildman–Crippen MR) is 161 cm³/mol. The first-order chi connectivity index (χ1) is 22.5.